The molecule has 3 amide bonds. The minimum atomic E-state index is -0.398. The molecule has 216 valence electrons. The summed E-state index contributed by atoms with van der Waals surface area (Å²) in [5.41, 5.74) is 2.69. The molecule has 0 saturated heterocycles. The van der Waals surface area contributed by atoms with E-state index >= 15 is 0 Å². The summed E-state index contributed by atoms with van der Waals surface area (Å²) in [5.74, 6) is 1.71. The van der Waals surface area contributed by atoms with Crippen molar-refractivity contribution in [3.05, 3.63) is 69.9 Å². The third kappa shape index (κ3) is 8.62. The third-order valence-electron chi connectivity index (χ3n) is 6.38. The predicted octanol–water partition coefficient (Wildman–Crippen LogP) is 5.22. The number of amides is 3. The first-order chi connectivity index (χ1) is 19.4. The molecule has 0 saturated carbocycles. The molecule has 9 nitrogen and oxygen atoms in total. The highest BCUT2D eigenvalue weighted by Gasteiger charge is 2.23. The number of hydrogen-bond acceptors (Lipinski definition) is 7. The smallest absolute Gasteiger partial charge is 0.322 e. The van der Waals surface area contributed by atoms with E-state index in [-0.39, 0.29) is 19.0 Å². The normalized spacial score (nSPS) is 10.6. The van der Waals surface area contributed by atoms with Crippen LogP contribution < -0.4 is 19.5 Å². The van der Waals surface area contributed by atoms with Crippen LogP contribution in [0.1, 0.15) is 22.9 Å². The fourth-order valence-corrected chi connectivity index (χ4v) is 5.01. The van der Waals surface area contributed by atoms with E-state index in [4.69, 9.17) is 18.9 Å². The number of methoxy groups -OCH3 is 3. The molecule has 0 aliphatic rings. The van der Waals surface area contributed by atoms with Gasteiger partial charge in [-0.2, -0.15) is 0 Å². The molecule has 1 heterocycles. The zero-order valence-corrected chi connectivity index (χ0v) is 24.7. The maximum atomic E-state index is 13.7. The number of thiophene rings is 1. The molecular formula is C30H39N3O6S. The summed E-state index contributed by atoms with van der Waals surface area (Å²) in [6.45, 7) is 5.78. The van der Waals surface area contributed by atoms with E-state index < -0.39 is 6.03 Å². The average Bonchev–Trinajstić information content (AvgIpc) is 3.37. The number of carbonyl (C=O) groups is 2. The lowest BCUT2D eigenvalue weighted by molar-refractivity contribution is -0.132. The lowest BCUT2D eigenvalue weighted by Crippen LogP contribution is -2.46. The molecule has 0 bridgehead atoms. The quantitative estimate of drug-likeness (QED) is 0.270. The van der Waals surface area contributed by atoms with E-state index in [0.29, 0.717) is 55.7 Å². The van der Waals surface area contributed by atoms with Crippen molar-refractivity contribution in [1.82, 2.24) is 9.80 Å². The fourth-order valence-electron chi connectivity index (χ4n) is 4.09. The van der Waals surface area contributed by atoms with Gasteiger partial charge in [-0.15, -0.1) is 11.3 Å². The average molecular weight is 570 g/mol. The molecule has 3 aromatic rings. The van der Waals surface area contributed by atoms with Crippen molar-refractivity contribution in [1.29, 1.82) is 0 Å². The second-order valence-corrected chi connectivity index (χ2v) is 10.1. The van der Waals surface area contributed by atoms with Crippen LogP contribution in [0.2, 0.25) is 0 Å². The molecule has 3 rings (SSSR count). The Morgan fingerprint density at radius 3 is 2.38 bits per heavy atom. The van der Waals surface area contributed by atoms with Gasteiger partial charge in [0.05, 0.1) is 39.7 Å². The van der Waals surface area contributed by atoms with Crippen LogP contribution in [0, 0.1) is 6.92 Å². The van der Waals surface area contributed by atoms with Crippen molar-refractivity contribution < 1.29 is 28.5 Å². The molecule has 0 unspecified atom stereocenters. The maximum absolute atomic E-state index is 13.7. The molecule has 0 atom stereocenters. The standard InChI is InChI=1S/C30H39N3O6S/c1-6-39-25-10-8-7-9-24(25)31-30(35)33(16-17-36-3)21-29(34)32(20-28-22(2)14-18-40-28)15-13-23-11-12-26(37-4)27(19-23)38-5/h7-12,14,18-19H,6,13,15-17,20-21H2,1-5H3,(H,31,35). The van der Waals surface area contributed by atoms with Gasteiger partial charge in [0.15, 0.2) is 11.5 Å². The lowest BCUT2D eigenvalue weighted by atomic mass is 10.1. The highest BCUT2D eigenvalue weighted by Crippen LogP contribution is 2.28. The Morgan fingerprint density at radius 2 is 1.70 bits per heavy atom. The largest absolute Gasteiger partial charge is 0.493 e. The zero-order valence-electron chi connectivity index (χ0n) is 23.9. The van der Waals surface area contributed by atoms with Gasteiger partial charge in [-0.3, -0.25) is 4.79 Å². The highest BCUT2D eigenvalue weighted by molar-refractivity contribution is 7.10. The first-order valence-electron chi connectivity index (χ1n) is 13.2. The monoisotopic (exact) mass is 569 g/mol. The number of urea groups is 1. The van der Waals surface area contributed by atoms with Crippen molar-refractivity contribution >= 4 is 29.0 Å². The highest BCUT2D eigenvalue weighted by atomic mass is 32.1. The number of hydrogen-bond donors (Lipinski definition) is 1. The first kappa shape index (κ1) is 30.8. The summed E-state index contributed by atoms with van der Waals surface area (Å²) >= 11 is 1.62. The number of nitrogens with zero attached hydrogens (tertiary/aromatic N) is 2. The van der Waals surface area contributed by atoms with Gasteiger partial charge in [0.1, 0.15) is 12.3 Å². The Balaban J connectivity index is 1.78. The summed E-state index contributed by atoms with van der Waals surface area (Å²) in [4.78, 5) is 31.4. The van der Waals surface area contributed by atoms with E-state index in [1.54, 1.807) is 49.7 Å². The zero-order chi connectivity index (χ0) is 28.9. The van der Waals surface area contributed by atoms with Crippen LogP contribution in [0.4, 0.5) is 10.5 Å². The number of aryl methyl sites for hydroxylation is 1. The number of rotatable bonds is 15. The van der Waals surface area contributed by atoms with Gasteiger partial charge in [0, 0.05) is 25.1 Å². The topological polar surface area (TPSA) is 89.6 Å². The van der Waals surface area contributed by atoms with Gasteiger partial charge in [-0.1, -0.05) is 18.2 Å². The SMILES string of the molecule is CCOc1ccccc1NC(=O)N(CCOC)CC(=O)N(CCc1ccc(OC)c(OC)c1)Cc1sccc1C. The molecule has 0 radical (unpaired) electrons. The van der Waals surface area contributed by atoms with Gasteiger partial charge in [-0.05, 0) is 67.1 Å². The van der Waals surface area contributed by atoms with Crippen LogP contribution in [0.3, 0.4) is 0 Å². The van der Waals surface area contributed by atoms with Crippen molar-refractivity contribution in [3.8, 4) is 17.2 Å². The second kappa shape index (κ2) is 15.7. The predicted molar refractivity (Wildman–Crippen MR) is 158 cm³/mol. The van der Waals surface area contributed by atoms with Crippen molar-refractivity contribution in [2.75, 3.05) is 59.5 Å². The number of para-hydroxylation sites is 2. The van der Waals surface area contributed by atoms with Crippen molar-refractivity contribution in [2.24, 2.45) is 0 Å². The van der Waals surface area contributed by atoms with Crippen LogP contribution in [0.15, 0.2) is 53.9 Å². The molecule has 0 aliphatic heterocycles. The minimum Gasteiger partial charge on any atom is -0.493 e. The van der Waals surface area contributed by atoms with Crippen molar-refractivity contribution in [2.45, 2.75) is 26.8 Å². The molecule has 1 N–H and O–H groups in total. The van der Waals surface area contributed by atoms with Gasteiger partial charge < -0.3 is 34.1 Å². The summed E-state index contributed by atoms with van der Waals surface area (Å²) in [6.07, 6.45) is 0.614. The molecule has 10 heteroatoms. The van der Waals surface area contributed by atoms with Gasteiger partial charge >= 0.3 is 6.03 Å². The Bertz CT molecular complexity index is 1250. The minimum absolute atomic E-state index is 0.0949. The third-order valence-corrected chi connectivity index (χ3v) is 7.39. The number of carbonyl (C=O) groups excluding carboxylic acids is 2. The van der Waals surface area contributed by atoms with Crippen LogP contribution in [0.25, 0.3) is 0 Å². The molecule has 0 spiro atoms. The second-order valence-electron chi connectivity index (χ2n) is 9.06. The van der Waals surface area contributed by atoms with Gasteiger partial charge in [0.2, 0.25) is 5.91 Å². The summed E-state index contributed by atoms with van der Waals surface area (Å²) in [5, 5.41) is 4.92. The first-order valence-corrected chi connectivity index (χ1v) is 14.1. The molecule has 0 aliphatic carbocycles. The fraction of sp³-hybridized carbons (Fsp3) is 0.400. The van der Waals surface area contributed by atoms with E-state index in [1.165, 1.54) is 4.90 Å². The molecule has 40 heavy (non-hydrogen) atoms. The summed E-state index contributed by atoms with van der Waals surface area (Å²) in [7, 11) is 4.77. The van der Waals surface area contributed by atoms with Crippen LogP contribution in [-0.4, -0.2) is 75.9 Å². The Kier molecular flexibility index (Phi) is 12.1. The van der Waals surface area contributed by atoms with Crippen LogP contribution >= 0.6 is 11.3 Å². The molecule has 0 fully saturated rings. The van der Waals surface area contributed by atoms with E-state index in [9.17, 15) is 9.59 Å². The van der Waals surface area contributed by atoms with Crippen molar-refractivity contribution in [3.63, 3.8) is 0 Å². The number of anilines is 1. The lowest BCUT2D eigenvalue weighted by Gasteiger charge is -2.28. The number of nitrogens with one attached hydrogen (secondary N) is 1. The summed E-state index contributed by atoms with van der Waals surface area (Å²) in [6, 6.07) is 14.6. The van der Waals surface area contributed by atoms with Gasteiger partial charge in [0.25, 0.3) is 0 Å². The Hall–Kier alpha value is -3.76. The molecular weight excluding hydrogens is 530 g/mol. The van der Waals surface area contributed by atoms with E-state index in [2.05, 4.69) is 5.32 Å². The maximum Gasteiger partial charge on any atom is 0.322 e. The van der Waals surface area contributed by atoms with Crippen LogP contribution in [0.5, 0.6) is 17.2 Å². The molecule has 2 aromatic carbocycles. The Morgan fingerprint density at radius 1 is 0.925 bits per heavy atom. The molecule has 1 aromatic heterocycles. The summed E-state index contributed by atoms with van der Waals surface area (Å²) < 4.78 is 21.7. The van der Waals surface area contributed by atoms with Crippen LogP contribution in [-0.2, 0) is 22.5 Å². The van der Waals surface area contributed by atoms with E-state index in [1.807, 2.05) is 55.6 Å². The number of benzene rings is 2. The Labute approximate surface area is 240 Å². The number of ether oxygens (including phenoxy) is 4. The van der Waals surface area contributed by atoms with Gasteiger partial charge in [-0.25, -0.2) is 4.79 Å². The van der Waals surface area contributed by atoms with E-state index in [0.717, 1.165) is 16.0 Å².